The van der Waals surface area contributed by atoms with Crippen LogP contribution in [-0.2, 0) is 20.9 Å². The Hall–Kier alpha value is -2.30. The van der Waals surface area contributed by atoms with Gasteiger partial charge in [-0.1, -0.05) is 23.4 Å². The Morgan fingerprint density at radius 2 is 2.03 bits per heavy atom. The molecule has 11 heteroatoms. The van der Waals surface area contributed by atoms with Crippen molar-refractivity contribution < 1.29 is 19.1 Å². The van der Waals surface area contributed by atoms with E-state index in [0.29, 0.717) is 22.5 Å². The molecular formula is C18H22ClN5O4S. The summed E-state index contributed by atoms with van der Waals surface area (Å²) in [5.74, 6) is 0.528. The van der Waals surface area contributed by atoms with E-state index in [2.05, 4.69) is 21.0 Å². The summed E-state index contributed by atoms with van der Waals surface area (Å²) in [7, 11) is 0. The maximum atomic E-state index is 12.0. The molecule has 3 rings (SSSR count). The van der Waals surface area contributed by atoms with Crippen molar-refractivity contribution in [3.8, 4) is 5.75 Å². The van der Waals surface area contributed by atoms with E-state index in [4.69, 9.17) is 21.1 Å². The fraction of sp³-hybridized carbons (Fsp3) is 0.444. The molecule has 2 N–H and O–H groups in total. The maximum absolute atomic E-state index is 12.0. The van der Waals surface area contributed by atoms with Crippen LogP contribution in [0.3, 0.4) is 0 Å². The molecule has 1 fully saturated rings. The molecule has 0 bridgehead atoms. The normalized spacial score (nSPS) is 15.9. The number of carbonyl (C=O) groups is 2. The molecule has 2 heterocycles. The third-order valence-corrected chi connectivity index (χ3v) is 5.39. The lowest BCUT2D eigenvalue weighted by Crippen LogP contribution is -2.44. The van der Waals surface area contributed by atoms with Crippen molar-refractivity contribution in [2.24, 2.45) is 0 Å². The molecule has 1 atom stereocenters. The average Bonchev–Trinajstić information content (AvgIpc) is 3.35. The minimum absolute atomic E-state index is 0.0853. The largest absolute Gasteiger partial charge is 0.484 e. The van der Waals surface area contributed by atoms with E-state index in [1.807, 2.05) is 11.5 Å². The standard InChI is InChI=1S/C18H22ClN5O4S/c1-12-20-23-18(24(12)9-15-3-2-8-27-15)29-11-17(26)22-21-16(25)10-28-14-6-4-13(19)5-7-14/h4-7,15H,2-3,8-11H2,1H3,(H,21,25)(H,22,26). The van der Waals surface area contributed by atoms with Gasteiger partial charge in [0.15, 0.2) is 11.8 Å². The van der Waals surface area contributed by atoms with Crippen LogP contribution in [0.5, 0.6) is 5.75 Å². The molecule has 0 aliphatic carbocycles. The van der Waals surface area contributed by atoms with Gasteiger partial charge in [0.05, 0.1) is 18.4 Å². The van der Waals surface area contributed by atoms with Crippen LogP contribution < -0.4 is 15.6 Å². The number of benzene rings is 1. The quantitative estimate of drug-likeness (QED) is 0.476. The molecule has 1 aliphatic heterocycles. The third-order valence-electron chi connectivity index (χ3n) is 4.17. The van der Waals surface area contributed by atoms with Crippen LogP contribution in [0.25, 0.3) is 0 Å². The van der Waals surface area contributed by atoms with E-state index < -0.39 is 5.91 Å². The molecule has 9 nitrogen and oxygen atoms in total. The number of carbonyl (C=O) groups excluding carboxylic acids is 2. The lowest BCUT2D eigenvalue weighted by Gasteiger charge is -2.13. The predicted molar refractivity (Wildman–Crippen MR) is 108 cm³/mol. The summed E-state index contributed by atoms with van der Waals surface area (Å²) in [6, 6.07) is 6.62. The van der Waals surface area contributed by atoms with Crippen LogP contribution in [0.1, 0.15) is 18.7 Å². The number of nitrogens with one attached hydrogen (secondary N) is 2. The first-order chi connectivity index (χ1) is 14.0. The lowest BCUT2D eigenvalue weighted by atomic mass is 10.2. The van der Waals surface area contributed by atoms with Crippen molar-refractivity contribution in [2.45, 2.75) is 37.6 Å². The molecule has 1 saturated heterocycles. The highest BCUT2D eigenvalue weighted by Crippen LogP contribution is 2.21. The molecule has 2 amide bonds. The molecule has 29 heavy (non-hydrogen) atoms. The second kappa shape index (κ2) is 10.5. The number of aromatic nitrogens is 3. The van der Waals surface area contributed by atoms with Crippen LogP contribution in [0.15, 0.2) is 29.4 Å². The fourth-order valence-electron chi connectivity index (χ4n) is 2.69. The van der Waals surface area contributed by atoms with Crippen LogP contribution >= 0.6 is 23.4 Å². The Kier molecular flexibility index (Phi) is 7.73. The summed E-state index contributed by atoms with van der Waals surface area (Å²) >= 11 is 7.04. The minimum atomic E-state index is -0.476. The van der Waals surface area contributed by atoms with Gasteiger partial charge in [-0.25, -0.2) is 0 Å². The summed E-state index contributed by atoms with van der Waals surface area (Å²) in [6.45, 7) is 3.08. The van der Waals surface area contributed by atoms with E-state index in [9.17, 15) is 9.59 Å². The number of hydrogen-bond acceptors (Lipinski definition) is 7. The van der Waals surface area contributed by atoms with Crippen molar-refractivity contribution in [3.63, 3.8) is 0 Å². The number of ether oxygens (including phenoxy) is 2. The maximum Gasteiger partial charge on any atom is 0.276 e. The Labute approximate surface area is 177 Å². The molecule has 1 aliphatic rings. The highest BCUT2D eigenvalue weighted by atomic mass is 35.5. The van der Waals surface area contributed by atoms with Gasteiger partial charge in [0.2, 0.25) is 5.91 Å². The van der Waals surface area contributed by atoms with Crippen LogP contribution in [0.2, 0.25) is 5.02 Å². The summed E-state index contributed by atoms with van der Waals surface area (Å²) in [5, 5.41) is 9.42. The first-order valence-corrected chi connectivity index (χ1v) is 10.5. The highest BCUT2D eigenvalue weighted by molar-refractivity contribution is 7.99. The number of halogens is 1. The van der Waals surface area contributed by atoms with Crippen molar-refractivity contribution in [3.05, 3.63) is 35.1 Å². The summed E-state index contributed by atoms with van der Waals surface area (Å²) < 4.78 is 12.9. The monoisotopic (exact) mass is 439 g/mol. The topological polar surface area (TPSA) is 107 Å². The zero-order chi connectivity index (χ0) is 20.6. The van der Waals surface area contributed by atoms with Crippen molar-refractivity contribution >= 4 is 35.2 Å². The van der Waals surface area contributed by atoms with Crippen molar-refractivity contribution in [1.29, 1.82) is 0 Å². The van der Waals surface area contributed by atoms with Crippen LogP contribution in [0, 0.1) is 6.92 Å². The van der Waals surface area contributed by atoms with Crippen LogP contribution in [0.4, 0.5) is 0 Å². The van der Waals surface area contributed by atoms with Crippen LogP contribution in [-0.4, -0.2) is 51.6 Å². The van der Waals surface area contributed by atoms with Crippen molar-refractivity contribution in [1.82, 2.24) is 25.6 Å². The summed E-state index contributed by atoms with van der Waals surface area (Å²) in [4.78, 5) is 23.8. The zero-order valence-electron chi connectivity index (χ0n) is 15.9. The SMILES string of the molecule is Cc1nnc(SCC(=O)NNC(=O)COc2ccc(Cl)cc2)n1CC1CCCO1. The van der Waals surface area contributed by atoms with Gasteiger partial charge < -0.3 is 14.0 Å². The zero-order valence-corrected chi connectivity index (χ0v) is 17.5. The van der Waals surface area contributed by atoms with E-state index in [1.165, 1.54) is 11.8 Å². The number of rotatable bonds is 8. The minimum Gasteiger partial charge on any atom is -0.484 e. The van der Waals surface area contributed by atoms with Gasteiger partial charge in [-0.3, -0.25) is 20.4 Å². The lowest BCUT2D eigenvalue weighted by molar-refractivity contribution is -0.128. The first kappa shape index (κ1) is 21.4. The molecule has 0 radical (unpaired) electrons. The molecule has 2 aromatic rings. The second-order valence-electron chi connectivity index (χ2n) is 6.40. The van der Waals surface area contributed by atoms with E-state index in [-0.39, 0.29) is 24.4 Å². The molecule has 0 saturated carbocycles. The molecule has 1 unspecified atom stereocenters. The number of nitrogens with zero attached hydrogens (tertiary/aromatic N) is 3. The Bertz CT molecular complexity index is 839. The van der Waals surface area contributed by atoms with Gasteiger partial charge in [0.25, 0.3) is 5.91 Å². The first-order valence-electron chi connectivity index (χ1n) is 9.11. The van der Waals surface area contributed by atoms with Gasteiger partial charge in [-0.2, -0.15) is 0 Å². The highest BCUT2D eigenvalue weighted by Gasteiger charge is 2.20. The number of amides is 2. The van der Waals surface area contributed by atoms with E-state index in [0.717, 1.165) is 25.3 Å². The number of thioether (sulfide) groups is 1. The van der Waals surface area contributed by atoms with Gasteiger partial charge >= 0.3 is 0 Å². The van der Waals surface area contributed by atoms with Crippen molar-refractivity contribution in [2.75, 3.05) is 19.0 Å². The molecule has 0 spiro atoms. The van der Waals surface area contributed by atoms with Gasteiger partial charge in [-0.05, 0) is 44.0 Å². The molecule has 1 aromatic carbocycles. The fourth-order valence-corrected chi connectivity index (χ4v) is 3.61. The number of hydrogen-bond donors (Lipinski definition) is 2. The molecule has 156 valence electrons. The van der Waals surface area contributed by atoms with Gasteiger partial charge in [-0.15, -0.1) is 10.2 Å². The smallest absolute Gasteiger partial charge is 0.276 e. The Balaban J connectivity index is 1.38. The molecule has 1 aromatic heterocycles. The summed E-state index contributed by atoms with van der Waals surface area (Å²) in [5.41, 5.74) is 4.67. The van der Waals surface area contributed by atoms with E-state index in [1.54, 1.807) is 24.3 Å². The predicted octanol–water partition coefficient (Wildman–Crippen LogP) is 1.74. The van der Waals surface area contributed by atoms with E-state index >= 15 is 0 Å². The Morgan fingerprint density at radius 3 is 2.76 bits per heavy atom. The molecular weight excluding hydrogens is 418 g/mol. The number of hydrazine groups is 1. The summed E-state index contributed by atoms with van der Waals surface area (Å²) in [6.07, 6.45) is 2.21. The second-order valence-corrected chi connectivity index (χ2v) is 7.78. The third kappa shape index (κ3) is 6.62. The Morgan fingerprint density at radius 1 is 1.28 bits per heavy atom. The van der Waals surface area contributed by atoms with Gasteiger partial charge in [0.1, 0.15) is 11.6 Å². The number of aryl methyl sites for hydroxylation is 1. The average molecular weight is 440 g/mol. The van der Waals surface area contributed by atoms with Gasteiger partial charge in [0, 0.05) is 11.6 Å².